The van der Waals surface area contributed by atoms with E-state index in [4.69, 9.17) is 4.74 Å². The minimum Gasteiger partial charge on any atom is -0.466 e. The van der Waals surface area contributed by atoms with E-state index in [-0.39, 0.29) is 18.1 Å². The third-order valence-corrected chi connectivity index (χ3v) is 5.04. The fraction of sp³-hybridized carbons (Fsp3) is 0.579. The number of fused-ring (bicyclic) bond motifs is 2. The molecule has 23 heavy (non-hydrogen) atoms. The van der Waals surface area contributed by atoms with Crippen molar-refractivity contribution in [3.05, 3.63) is 35.9 Å². The summed E-state index contributed by atoms with van der Waals surface area (Å²) < 4.78 is 5.09. The molecule has 1 aromatic rings. The Bertz CT molecular complexity index is 539. The van der Waals surface area contributed by atoms with Crippen LogP contribution in [0, 0.1) is 5.92 Å². The van der Waals surface area contributed by atoms with Crippen LogP contribution in [0.25, 0.3) is 0 Å². The molecule has 2 aliphatic rings. The van der Waals surface area contributed by atoms with Crippen LogP contribution >= 0.6 is 0 Å². The van der Waals surface area contributed by atoms with E-state index in [1.807, 2.05) is 13.0 Å². The number of nitrogens with zero attached hydrogens (tertiary/aromatic N) is 1. The van der Waals surface area contributed by atoms with Crippen molar-refractivity contribution in [2.45, 2.75) is 57.7 Å². The molecule has 2 aliphatic heterocycles. The Morgan fingerprint density at radius 3 is 2.43 bits per heavy atom. The van der Waals surface area contributed by atoms with Gasteiger partial charge in [-0.15, -0.1) is 0 Å². The van der Waals surface area contributed by atoms with Gasteiger partial charge in [-0.25, -0.2) is 0 Å². The highest BCUT2D eigenvalue weighted by Crippen LogP contribution is 2.38. The number of piperidine rings is 2. The molecule has 4 nitrogen and oxygen atoms in total. The van der Waals surface area contributed by atoms with Crippen molar-refractivity contribution in [1.29, 1.82) is 0 Å². The number of carbonyl (C=O) groups is 2. The molecule has 0 aromatic heterocycles. The van der Waals surface area contributed by atoms with Gasteiger partial charge in [-0.2, -0.15) is 0 Å². The number of hydrogen-bond acceptors (Lipinski definition) is 4. The Balaban J connectivity index is 1.67. The number of esters is 1. The van der Waals surface area contributed by atoms with Crippen LogP contribution in [0.1, 0.15) is 44.6 Å². The van der Waals surface area contributed by atoms with E-state index in [9.17, 15) is 9.59 Å². The lowest BCUT2D eigenvalue weighted by Gasteiger charge is -2.48. The molecule has 2 heterocycles. The molecule has 0 radical (unpaired) electrons. The Labute approximate surface area is 137 Å². The molecule has 0 N–H and O–H groups in total. The molecular weight excluding hydrogens is 290 g/mol. The van der Waals surface area contributed by atoms with Crippen LogP contribution in [0.3, 0.4) is 0 Å². The molecular formula is C19H25NO3. The van der Waals surface area contributed by atoms with Crippen LogP contribution in [0.4, 0.5) is 0 Å². The van der Waals surface area contributed by atoms with Crippen molar-refractivity contribution in [2.75, 3.05) is 6.61 Å². The topological polar surface area (TPSA) is 46.6 Å². The summed E-state index contributed by atoms with van der Waals surface area (Å²) in [5.74, 6) is 0.626. The summed E-state index contributed by atoms with van der Waals surface area (Å²) in [4.78, 5) is 26.2. The summed E-state index contributed by atoms with van der Waals surface area (Å²) in [5, 5.41) is 0. The normalized spacial score (nSPS) is 27.7. The van der Waals surface area contributed by atoms with Crippen LogP contribution in [0.5, 0.6) is 0 Å². The van der Waals surface area contributed by atoms with Gasteiger partial charge >= 0.3 is 5.97 Å². The van der Waals surface area contributed by atoms with Gasteiger partial charge in [-0.05, 0) is 31.2 Å². The molecule has 2 atom stereocenters. The van der Waals surface area contributed by atoms with Gasteiger partial charge in [-0.3, -0.25) is 14.5 Å². The summed E-state index contributed by atoms with van der Waals surface area (Å²) in [5.41, 5.74) is 1.29. The minimum absolute atomic E-state index is 0.0987. The van der Waals surface area contributed by atoms with E-state index in [1.165, 1.54) is 5.56 Å². The van der Waals surface area contributed by atoms with E-state index in [0.717, 1.165) is 19.4 Å². The van der Waals surface area contributed by atoms with E-state index in [2.05, 4.69) is 29.2 Å². The number of Topliss-reactive ketones (excluding diaryl/α,β-unsaturated/α-hetero) is 1. The summed E-state index contributed by atoms with van der Waals surface area (Å²) in [6.45, 7) is 3.18. The molecule has 3 rings (SSSR count). The monoisotopic (exact) mass is 315 g/mol. The van der Waals surface area contributed by atoms with Crippen LogP contribution in [-0.2, 0) is 20.9 Å². The van der Waals surface area contributed by atoms with Crippen LogP contribution < -0.4 is 0 Å². The lowest BCUT2D eigenvalue weighted by Crippen LogP contribution is -2.54. The van der Waals surface area contributed by atoms with Gasteiger partial charge in [0.15, 0.2) is 0 Å². The second-order valence-electron chi connectivity index (χ2n) is 6.76. The lowest BCUT2D eigenvalue weighted by atomic mass is 9.76. The lowest BCUT2D eigenvalue weighted by molar-refractivity contribution is -0.145. The zero-order valence-electron chi connectivity index (χ0n) is 13.7. The molecule has 4 heteroatoms. The van der Waals surface area contributed by atoms with Gasteiger partial charge in [0.25, 0.3) is 0 Å². The fourth-order valence-electron chi connectivity index (χ4n) is 4.12. The van der Waals surface area contributed by atoms with Crippen molar-refractivity contribution < 1.29 is 14.3 Å². The van der Waals surface area contributed by atoms with E-state index in [1.54, 1.807) is 0 Å². The first-order valence-electron chi connectivity index (χ1n) is 8.62. The highest BCUT2D eigenvalue weighted by atomic mass is 16.5. The van der Waals surface area contributed by atoms with Crippen LogP contribution in [-0.4, -0.2) is 35.3 Å². The predicted molar refractivity (Wildman–Crippen MR) is 87.8 cm³/mol. The van der Waals surface area contributed by atoms with E-state index >= 15 is 0 Å². The molecule has 0 amide bonds. The van der Waals surface area contributed by atoms with Gasteiger partial charge in [-0.1, -0.05) is 30.3 Å². The molecule has 2 bridgehead atoms. The average Bonchev–Trinajstić information content (AvgIpc) is 2.50. The summed E-state index contributed by atoms with van der Waals surface area (Å²) in [6.07, 6.45) is 3.60. The quantitative estimate of drug-likeness (QED) is 0.784. The Morgan fingerprint density at radius 1 is 1.17 bits per heavy atom. The largest absolute Gasteiger partial charge is 0.466 e. The average molecular weight is 315 g/mol. The third kappa shape index (κ3) is 3.99. The summed E-state index contributed by atoms with van der Waals surface area (Å²) in [6, 6.07) is 11.0. The van der Waals surface area contributed by atoms with Gasteiger partial charge in [0, 0.05) is 37.9 Å². The van der Waals surface area contributed by atoms with Gasteiger partial charge in [0.1, 0.15) is 5.78 Å². The molecule has 124 valence electrons. The molecule has 2 fully saturated rings. The van der Waals surface area contributed by atoms with Crippen molar-refractivity contribution >= 4 is 11.8 Å². The van der Waals surface area contributed by atoms with Gasteiger partial charge in [0.2, 0.25) is 0 Å². The summed E-state index contributed by atoms with van der Waals surface area (Å²) in [7, 11) is 0. The van der Waals surface area contributed by atoms with Crippen molar-refractivity contribution in [2.24, 2.45) is 5.92 Å². The van der Waals surface area contributed by atoms with Crippen molar-refractivity contribution in [3.63, 3.8) is 0 Å². The predicted octanol–water partition coefficient (Wildman–Crippen LogP) is 2.95. The smallest absolute Gasteiger partial charge is 0.306 e. The third-order valence-electron chi connectivity index (χ3n) is 5.04. The number of carbonyl (C=O) groups excluding carboxylic acids is 2. The Kier molecular flexibility index (Phi) is 5.11. The Hall–Kier alpha value is -1.68. The molecule has 1 aromatic carbocycles. The van der Waals surface area contributed by atoms with Crippen LogP contribution in [0.2, 0.25) is 0 Å². The number of hydrogen-bond donors (Lipinski definition) is 0. The first-order valence-corrected chi connectivity index (χ1v) is 8.62. The number of ether oxygens (including phenoxy) is 1. The highest BCUT2D eigenvalue weighted by Gasteiger charge is 2.41. The maximum atomic E-state index is 12.0. The number of benzene rings is 1. The van der Waals surface area contributed by atoms with Gasteiger partial charge in [0.05, 0.1) is 6.61 Å². The minimum atomic E-state index is -0.0987. The molecule has 2 unspecified atom stereocenters. The van der Waals surface area contributed by atoms with Crippen molar-refractivity contribution in [3.8, 4) is 0 Å². The highest BCUT2D eigenvalue weighted by molar-refractivity contribution is 5.80. The maximum Gasteiger partial charge on any atom is 0.306 e. The number of ketones is 1. The van der Waals surface area contributed by atoms with Crippen LogP contribution in [0.15, 0.2) is 30.3 Å². The molecule has 2 saturated heterocycles. The first-order chi connectivity index (χ1) is 11.2. The zero-order chi connectivity index (χ0) is 16.2. The standard InChI is InChI=1S/C19H25NO3/c1-2-23-19(22)10-15-8-16-11-18(21)12-17(9-15)20(16)13-14-6-4-3-5-7-14/h3-7,15-17H,2,8-13H2,1H3. The molecule has 0 aliphatic carbocycles. The molecule has 0 spiro atoms. The maximum absolute atomic E-state index is 12.0. The fourth-order valence-corrected chi connectivity index (χ4v) is 4.12. The first kappa shape index (κ1) is 16.2. The Morgan fingerprint density at radius 2 is 1.83 bits per heavy atom. The zero-order valence-corrected chi connectivity index (χ0v) is 13.7. The second-order valence-corrected chi connectivity index (χ2v) is 6.76. The van der Waals surface area contributed by atoms with Gasteiger partial charge < -0.3 is 4.74 Å². The second kappa shape index (κ2) is 7.26. The number of rotatable bonds is 5. The van der Waals surface area contributed by atoms with E-state index in [0.29, 0.717) is 37.6 Å². The molecule has 0 saturated carbocycles. The summed E-state index contributed by atoms with van der Waals surface area (Å²) >= 11 is 0. The van der Waals surface area contributed by atoms with Crippen molar-refractivity contribution in [1.82, 2.24) is 4.90 Å². The van der Waals surface area contributed by atoms with E-state index < -0.39 is 0 Å². The SMILES string of the molecule is CCOC(=O)CC1CC2CC(=O)CC(C1)N2Cc1ccccc1.